The first-order valence-electron chi connectivity index (χ1n) is 10.7. The Balaban J connectivity index is 1.72. The molecule has 0 bridgehead atoms. The number of alkyl halides is 2. The number of hydrogen-bond donors (Lipinski definition) is 1. The van der Waals surface area contributed by atoms with E-state index in [4.69, 9.17) is 0 Å². The third-order valence-electron chi connectivity index (χ3n) is 5.63. The molecular weight excluding hydrogens is 433 g/mol. The molecule has 4 rings (SSSR count). The smallest absolute Gasteiger partial charge is 0.258 e. The van der Waals surface area contributed by atoms with Crippen LogP contribution < -0.4 is 5.32 Å². The van der Waals surface area contributed by atoms with E-state index in [1.165, 1.54) is 30.9 Å². The molecule has 0 aromatic carbocycles. The molecule has 0 aliphatic heterocycles. The van der Waals surface area contributed by atoms with E-state index in [9.17, 15) is 18.0 Å². The Morgan fingerprint density at radius 3 is 2.42 bits per heavy atom. The molecule has 1 saturated carbocycles. The van der Waals surface area contributed by atoms with E-state index in [0.717, 1.165) is 0 Å². The molecule has 0 atom stereocenters. The Morgan fingerprint density at radius 1 is 1.09 bits per heavy atom. The minimum atomic E-state index is -2.71. The number of anilines is 1. The van der Waals surface area contributed by atoms with Crippen molar-refractivity contribution < 1.29 is 18.0 Å². The zero-order chi connectivity index (χ0) is 23.6. The molecule has 3 aromatic heterocycles. The molecule has 7 nitrogen and oxygen atoms in total. The van der Waals surface area contributed by atoms with Crippen LogP contribution >= 0.6 is 0 Å². The SMILES string of the molecule is CC(C)c1ncc(C(=O)Nc2c(-c3cccc(F)n3)ncnc2C2CCC(F)(F)CC2)cn1. The van der Waals surface area contributed by atoms with Gasteiger partial charge in [-0.05, 0) is 25.0 Å². The van der Waals surface area contributed by atoms with Gasteiger partial charge in [0, 0.05) is 37.1 Å². The number of nitrogens with zero attached hydrogens (tertiary/aromatic N) is 5. The van der Waals surface area contributed by atoms with Gasteiger partial charge in [0.2, 0.25) is 11.9 Å². The maximum Gasteiger partial charge on any atom is 0.258 e. The predicted octanol–water partition coefficient (Wildman–Crippen LogP) is 5.14. The van der Waals surface area contributed by atoms with Crippen LogP contribution in [0.5, 0.6) is 0 Å². The quantitative estimate of drug-likeness (QED) is 0.535. The van der Waals surface area contributed by atoms with Crippen molar-refractivity contribution in [3.8, 4) is 11.4 Å². The maximum absolute atomic E-state index is 13.8. The fraction of sp³-hybridized carbons (Fsp3) is 0.391. The molecule has 0 saturated heterocycles. The van der Waals surface area contributed by atoms with Gasteiger partial charge >= 0.3 is 0 Å². The van der Waals surface area contributed by atoms with Crippen molar-refractivity contribution in [1.29, 1.82) is 0 Å². The van der Waals surface area contributed by atoms with Crippen LogP contribution in [0, 0.1) is 5.95 Å². The lowest BCUT2D eigenvalue weighted by atomic mass is 9.83. The van der Waals surface area contributed by atoms with E-state index < -0.39 is 17.8 Å². The van der Waals surface area contributed by atoms with Crippen LogP contribution in [-0.4, -0.2) is 36.7 Å². The fourth-order valence-corrected chi connectivity index (χ4v) is 3.82. The fourth-order valence-electron chi connectivity index (χ4n) is 3.82. The van der Waals surface area contributed by atoms with E-state index in [1.54, 1.807) is 6.07 Å². The molecule has 172 valence electrons. The Bertz CT molecular complexity index is 1140. The van der Waals surface area contributed by atoms with Crippen LogP contribution in [0.15, 0.2) is 36.9 Å². The summed E-state index contributed by atoms with van der Waals surface area (Å²) in [6.07, 6.45) is 3.98. The number of pyridine rings is 1. The molecule has 1 aliphatic rings. The molecule has 0 spiro atoms. The lowest BCUT2D eigenvalue weighted by molar-refractivity contribution is -0.0384. The first-order chi connectivity index (χ1) is 15.7. The van der Waals surface area contributed by atoms with Crippen molar-refractivity contribution >= 4 is 11.6 Å². The number of hydrogen-bond acceptors (Lipinski definition) is 6. The van der Waals surface area contributed by atoms with Gasteiger partial charge in [-0.2, -0.15) is 4.39 Å². The summed E-state index contributed by atoms with van der Waals surface area (Å²) in [6.45, 7) is 3.88. The van der Waals surface area contributed by atoms with Gasteiger partial charge in [-0.3, -0.25) is 4.79 Å². The number of halogens is 3. The standard InChI is InChI=1S/C23H23F3N6O/c1-13(2)21-27-10-15(11-28-21)22(33)32-20-18(14-6-8-23(25,26)9-7-14)29-12-30-19(20)16-4-3-5-17(24)31-16/h3-5,10-14H,6-9H2,1-2H3,(H,32,33). The van der Waals surface area contributed by atoms with Crippen LogP contribution in [0.2, 0.25) is 0 Å². The van der Waals surface area contributed by atoms with Gasteiger partial charge in [0.05, 0.1) is 22.6 Å². The summed E-state index contributed by atoms with van der Waals surface area (Å²) in [7, 11) is 0. The van der Waals surface area contributed by atoms with Crippen molar-refractivity contribution in [3.63, 3.8) is 0 Å². The molecule has 1 aliphatic carbocycles. The lowest BCUT2D eigenvalue weighted by Gasteiger charge is -2.29. The van der Waals surface area contributed by atoms with Gasteiger partial charge in [-0.1, -0.05) is 19.9 Å². The van der Waals surface area contributed by atoms with E-state index in [1.807, 2.05) is 13.8 Å². The van der Waals surface area contributed by atoms with Crippen LogP contribution in [-0.2, 0) is 0 Å². The summed E-state index contributed by atoms with van der Waals surface area (Å²) in [5.74, 6) is -3.54. The predicted molar refractivity (Wildman–Crippen MR) is 115 cm³/mol. The monoisotopic (exact) mass is 456 g/mol. The molecule has 0 radical (unpaired) electrons. The minimum Gasteiger partial charge on any atom is -0.318 e. The van der Waals surface area contributed by atoms with Gasteiger partial charge in [0.25, 0.3) is 5.91 Å². The highest BCUT2D eigenvalue weighted by atomic mass is 19.3. The normalized spacial score (nSPS) is 16.1. The Morgan fingerprint density at radius 2 is 1.79 bits per heavy atom. The molecule has 1 amide bonds. The van der Waals surface area contributed by atoms with Crippen molar-refractivity contribution in [2.75, 3.05) is 5.32 Å². The molecule has 10 heteroatoms. The van der Waals surface area contributed by atoms with Crippen molar-refractivity contribution in [2.24, 2.45) is 0 Å². The van der Waals surface area contributed by atoms with E-state index in [0.29, 0.717) is 11.5 Å². The van der Waals surface area contributed by atoms with Gasteiger partial charge in [-0.15, -0.1) is 0 Å². The highest BCUT2D eigenvalue weighted by molar-refractivity contribution is 6.05. The summed E-state index contributed by atoms with van der Waals surface area (Å²) >= 11 is 0. The number of amides is 1. The summed E-state index contributed by atoms with van der Waals surface area (Å²) in [5, 5.41) is 2.79. The number of carbonyl (C=O) groups is 1. The average molecular weight is 456 g/mol. The van der Waals surface area contributed by atoms with Crippen LogP contribution in [0.25, 0.3) is 11.4 Å². The van der Waals surface area contributed by atoms with Crippen LogP contribution in [0.4, 0.5) is 18.9 Å². The van der Waals surface area contributed by atoms with Gasteiger partial charge < -0.3 is 5.32 Å². The van der Waals surface area contributed by atoms with E-state index in [2.05, 4.69) is 30.2 Å². The van der Waals surface area contributed by atoms with E-state index in [-0.39, 0.29) is 60.2 Å². The molecule has 1 N–H and O–H groups in total. The first-order valence-corrected chi connectivity index (χ1v) is 10.7. The number of carbonyl (C=O) groups excluding carboxylic acids is 1. The number of aromatic nitrogens is 5. The first kappa shape index (κ1) is 22.8. The Labute approximate surface area is 188 Å². The van der Waals surface area contributed by atoms with Gasteiger partial charge in [-0.25, -0.2) is 33.7 Å². The minimum absolute atomic E-state index is 0.103. The zero-order valence-corrected chi connectivity index (χ0v) is 18.2. The summed E-state index contributed by atoms with van der Waals surface area (Å²) in [4.78, 5) is 33.9. The summed E-state index contributed by atoms with van der Waals surface area (Å²) in [5.41, 5.74) is 1.27. The average Bonchev–Trinajstić information content (AvgIpc) is 2.79. The van der Waals surface area contributed by atoms with Crippen molar-refractivity contribution in [1.82, 2.24) is 24.9 Å². The molecule has 1 fully saturated rings. The molecule has 3 heterocycles. The third-order valence-corrected chi connectivity index (χ3v) is 5.63. The van der Waals surface area contributed by atoms with Gasteiger partial charge in [0.1, 0.15) is 17.8 Å². The highest BCUT2D eigenvalue weighted by Crippen LogP contribution is 2.43. The second-order valence-electron chi connectivity index (χ2n) is 8.40. The van der Waals surface area contributed by atoms with E-state index >= 15 is 0 Å². The zero-order valence-electron chi connectivity index (χ0n) is 18.2. The largest absolute Gasteiger partial charge is 0.318 e. The molecule has 3 aromatic rings. The molecule has 33 heavy (non-hydrogen) atoms. The number of nitrogens with one attached hydrogen (secondary N) is 1. The third kappa shape index (κ3) is 5.15. The molecular formula is C23H23F3N6O. The topological polar surface area (TPSA) is 93.6 Å². The highest BCUT2D eigenvalue weighted by Gasteiger charge is 2.37. The van der Waals surface area contributed by atoms with Crippen molar-refractivity contribution in [2.45, 2.75) is 57.3 Å². The molecule has 0 unspecified atom stereocenters. The summed E-state index contributed by atoms with van der Waals surface area (Å²) in [6, 6.07) is 4.23. The second kappa shape index (κ2) is 9.21. The Kier molecular flexibility index (Phi) is 6.35. The maximum atomic E-state index is 13.8. The number of rotatable bonds is 5. The van der Waals surface area contributed by atoms with Gasteiger partial charge in [0.15, 0.2) is 0 Å². The van der Waals surface area contributed by atoms with Crippen LogP contribution in [0.3, 0.4) is 0 Å². The van der Waals surface area contributed by atoms with Crippen LogP contribution in [0.1, 0.15) is 73.2 Å². The Hall–Kier alpha value is -3.43. The van der Waals surface area contributed by atoms with Crippen molar-refractivity contribution in [3.05, 3.63) is 59.9 Å². The second-order valence-corrected chi connectivity index (χ2v) is 8.40. The summed E-state index contributed by atoms with van der Waals surface area (Å²) < 4.78 is 41.3. The lowest BCUT2D eigenvalue weighted by Crippen LogP contribution is -2.25.